The highest BCUT2D eigenvalue weighted by molar-refractivity contribution is 9.10. The molecule has 100 valence electrons. The van der Waals surface area contributed by atoms with Crippen molar-refractivity contribution in [2.24, 2.45) is 0 Å². The monoisotopic (exact) mass is 324 g/mol. The van der Waals surface area contributed by atoms with Crippen LogP contribution in [0.4, 0.5) is 5.69 Å². The van der Waals surface area contributed by atoms with E-state index < -0.39 is 0 Å². The Kier molecular flexibility index (Phi) is 4.64. The molecule has 0 fully saturated rings. The van der Waals surface area contributed by atoms with Gasteiger partial charge in [0.1, 0.15) is 0 Å². The lowest BCUT2D eigenvalue weighted by atomic mass is 10.2. The molecule has 0 amide bonds. The van der Waals surface area contributed by atoms with Crippen LogP contribution in [0, 0.1) is 10.1 Å². The maximum Gasteiger partial charge on any atom is 0.283 e. The first kappa shape index (κ1) is 13.7. The summed E-state index contributed by atoms with van der Waals surface area (Å²) in [4.78, 5) is 14.4. The van der Waals surface area contributed by atoms with E-state index >= 15 is 0 Å². The molecule has 1 aromatic heterocycles. The number of halogens is 1. The van der Waals surface area contributed by atoms with Gasteiger partial charge in [0.2, 0.25) is 0 Å². The fourth-order valence-electron chi connectivity index (χ4n) is 1.67. The Labute approximate surface area is 118 Å². The number of hydrogen-bond acceptors (Lipinski definition) is 4. The lowest BCUT2D eigenvalue weighted by molar-refractivity contribution is -0.385. The summed E-state index contributed by atoms with van der Waals surface area (Å²) in [5, 5.41) is 14.0. The number of nitrogens with one attached hydrogen (secondary N) is 1. The smallest absolute Gasteiger partial charge is 0.283 e. The first-order valence-electron chi connectivity index (χ1n) is 5.76. The van der Waals surface area contributed by atoms with Gasteiger partial charge < -0.3 is 9.88 Å². The van der Waals surface area contributed by atoms with Crippen LogP contribution in [0.15, 0.2) is 41.4 Å². The molecule has 0 aliphatic heterocycles. The van der Waals surface area contributed by atoms with Crippen molar-refractivity contribution < 1.29 is 4.92 Å². The molecule has 1 N–H and O–H groups in total. The number of hydrogen-bond donors (Lipinski definition) is 1. The zero-order chi connectivity index (χ0) is 13.7. The number of nitro groups is 1. The van der Waals surface area contributed by atoms with Crippen LogP contribution < -0.4 is 5.32 Å². The zero-order valence-electron chi connectivity index (χ0n) is 10.1. The minimum atomic E-state index is -0.390. The third-order valence-electron chi connectivity index (χ3n) is 2.64. The molecule has 0 aliphatic carbocycles. The minimum absolute atomic E-state index is 0.0916. The molecule has 0 saturated carbocycles. The number of imidazole rings is 1. The second-order valence-electron chi connectivity index (χ2n) is 4.02. The molecular formula is C12H13BrN4O2. The lowest BCUT2D eigenvalue weighted by Gasteiger charge is -2.06. The van der Waals surface area contributed by atoms with Crippen LogP contribution in [-0.2, 0) is 13.1 Å². The predicted octanol–water partition coefficient (Wildman–Crippen LogP) is 2.34. The highest BCUT2D eigenvalue weighted by Gasteiger charge is 2.11. The average Bonchev–Trinajstić information content (AvgIpc) is 2.89. The summed E-state index contributed by atoms with van der Waals surface area (Å²) < 4.78 is 2.47. The summed E-state index contributed by atoms with van der Waals surface area (Å²) in [5.41, 5.74) is 0.981. The largest absolute Gasteiger partial charge is 0.336 e. The molecule has 6 nitrogen and oxygen atoms in total. The van der Waals surface area contributed by atoms with E-state index in [4.69, 9.17) is 0 Å². The molecule has 2 aromatic rings. The van der Waals surface area contributed by atoms with Gasteiger partial charge in [-0.3, -0.25) is 10.1 Å². The second-order valence-corrected chi connectivity index (χ2v) is 4.87. The van der Waals surface area contributed by atoms with Crippen molar-refractivity contribution in [1.82, 2.24) is 14.9 Å². The molecule has 2 rings (SSSR count). The van der Waals surface area contributed by atoms with Crippen molar-refractivity contribution in [3.8, 4) is 0 Å². The summed E-state index contributed by atoms with van der Waals surface area (Å²) in [6.45, 7) is 2.20. The summed E-state index contributed by atoms with van der Waals surface area (Å²) in [6, 6.07) is 5.14. The number of benzene rings is 1. The van der Waals surface area contributed by atoms with Crippen LogP contribution in [0.1, 0.15) is 5.56 Å². The number of aromatic nitrogens is 2. The molecule has 1 aromatic carbocycles. The molecule has 0 saturated heterocycles. The van der Waals surface area contributed by atoms with Gasteiger partial charge in [-0.2, -0.15) is 0 Å². The lowest BCUT2D eigenvalue weighted by Crippen LogP contribution is -2.19. The normalized spacial score (nSPS) is 10.6. The van der Waals surface area contributed by atoms with Gasteiger partial charge in [-0.25, -0.2) is 4.98 Å². The number of nitro benzene ring substituents is 1. The third-order valence-corrected chi connectivity index (χ3v) is 3.31. The van der Waals surface area contributed by atoms with Gasteiger partial charge in [-0.1, -0.05) is 6.07 Å². The van der Waals surface area contributed by atoms with E-state index in [1.807, 2.05) is 16.8 Å². The quantitative estimate of drug-likeness (QED) is 0.503. The minimum Gasteiger partial charge on any atom is -0.336 e. The Morgan fingerprint density at radius 1 is 1.47 bits per heavy atom. The number of rotatable bonds is 6. The van der Waals surface area contributed by atoms with Crippen LogP contribution in [0.5, 0.6) is 0 Å². The Hall–Kier alpha value is -1.73. The zero-order valence-corrected chi connectivity index (χ0v) is 11.7. The van der Waals surface area contributed by atoms with Crippen LogP contribution in [0.3, 0.4) is 0 Å². The SMILES string of the molecule is O=[N+]([O-])c1cc(CNCCn2ccnc2)ccc1Br. The summed E-state index contributed by atoms with van der Waals surface area (Å²) in [6.07, 6.45) is 5.39. The molecule has 0 aliphatic rings. The Bertz CT molecular complexity index is 557. The first-order chi connectivity index (χ1) is 9.16. The Morgan fingerprint density at radius 3 is 3.00 bits per heavy atom. The van der Waals surface area contributed by atoms with Gasteiger partial charge in [-0.15, -0.1) is 0 Å². The number of nitrogens with zero attached hydrogens (tertiary/aromatic N) is 3. The van der Waals surface area contributed by atoms with Crippen molar-refractivity contribution in [2.75, 3.05) is 6.54 Å². The molecule has 0 bridgehead atoms. The van der Waals surface area contributed by atoms with E-state index in [1.54, 1.807) is 24.7 Å². The Balaban J connectivity index is 1.86. The highest BCUT2D eigenvalue weighted by atomic mass is 79.9. The molecule has 0 atom stereocenters. The molecule has 19 heavy (non-hydrogen) atoms. The first-order valence-corrected chi connectivity index (χ1v) is 6.55. The molecule has 0 radical (unpaired) electrons. The van der Waals surface area contributed by atoms with Gasteiger partial charge in [0.15, 0.2) is 0 Å². The summed E-state index contributed by atoms with van der Waals surface area (Å²) in [7, 11) is 0. The van der Waals surface area contributed by atoms with Crippen LogP contribution in [-0.4, -0.2) is 21.0 Å². The van der Waals surface area contributed by atoms with Gasteiger partial charge in [0, 0.05) is 38.1 Å². The topological polar surface area (TPSA) is 73.0 Å². The van der Waals surface area contributed by atoms with Crippen molar-refractivity contribution in [1.29, 1.82) is 0 Å². The van der Waals surface area contributed by atoms with Gasteiger partial charge >= 0.3 is 0 Å². The van der Waals surface area contributed by atoms with Gasteiger partial charge in [0.25, 0.3) is 5.69 Å². The maximum atomic E-state index is 10.8. The van der Waals surface area contributed by atoms with Crippen molar-refractivity contribution in [3.05, 3.63) is 57.1 Å². The van der Waals surface area contributed by atoms with Crippen LogP contribution in [0.2, 0.25) is 0 Å². The Morgan fingerprint density at radius 2 is 2.32 bits per heavy atom. The summed E-state index contributed by atoms with van der Waals surface area (Å²) >= 11 is 3.17. The maximum absolute atomic E-state index is 10.8. The van der Waals surface area contributed by atoms with Crippen molar-refractivity contribution in [3.63, 3.8) is 0 Å². The average molecular weight is 325 g/mol. The third kappa shape index (κ3) is 3.87. The van der Waals surface area contributed by atoms with E-state index in [2.05, 4.69) is 26.2 Å². The van der Waals surface area contributed by atoms with E-state index in [1.165, 1.54) is 0 Å². The molecule has 1 heterocycles. The second kappa shape index (κ2) is 6.44. The van der Waals surface area contributed by atoms with E-state index in [0.29, 0.717) is 11.0 Å². The van der Waals surface area contributed by atoms with E-state index in [-0.39, 0.29) is 10.6 Å². The fraction of sp³-hybridized carbons (Fsp3) is 0.250. The van der Waals surface area contributed by atoms with Crippen molar-refractivity contribution in [2.45, 2.75) is 13.1 Å². The van der Waals surface area contributed by atoms with Crippen LogP contribution in [0.25, 0.3) is 0 Å². The molecule has 0 spiro atoms. The van der Waals surface area contributed by atoms with Gasteiger partial charge in [-0.05, 0) is 27.6 Å². The van der Waals surface area contributed by atoms with Crippen LogP contribution >= 0.6 is 15.9 Å². The van der Waals surface area contributed by atoms with E-state index in [9.17, 15) is 10.1 Å². The van der Waals surface area contributed by atoms with Gasteiger partial charge in [0.05, 0.1) is 15.7 Å². The van der Waals surface area contributed by atoms with Crippen molar-refractivity contribution >= 4 is 21.6 Å². The molecule has 0 unspecified atom stereocenters. The van der Waals surface area contributed by atoms with E-state index in [0.717, 1.165) is 18.7 Å². The summed E-state index contributed by atoms with van der Waals surface area (Å²) in [5.74, 6) is 0. The molecule has 7 heteroatoms. The fourth-order valence-corrected chi connectivity index (χ4v) is 2.06. The molecular weight excluding hydrogens is 312 g/mol. The highest BCUT2D eigenvalue weighted by Crippen LogP contribution is 2.25. The predicted molar refractivity (Wildman–Crippen MR) is 74.7 cm³/mol. The standard InChI is InChI=1S/C12H13BrN4O2/c13-11-2-1-10(7-12(11)17(18)19)8-14-3-5-16-6-4-15-9-16/h1-2,4,6-7,9,14H,3,5,8H2.